The van der Waals surface area contributed by atoms with Gasteiger partial charge in [-0.25, -0.2) is 0 Å². The minimum atomic E-state index is -1.01. The molecule has 0 heterocycles. The van der Waals surface area contributed by atoms with Gasteiger partial charge in [-0.1, -0.05) is 25.6 Å². The summed E-state index contributed by atoms with van der Waals surface area (Å²) in [7, 11) is 0. The molecule has 0 aromatic carbocycles. The van der Waals surface area contributed by atoms with Crippen LogP contribution < -0.4 is 16.0 Å². The molecule has 0 aromatic rings. The van der Waals surface area contributed by atoms with Gasteiger partial charge in [0.25, 0.3) is 0 Å². The molecule has 0 rings (SSSR count). The van der Waals surface area contributed by atoms with Gasteiger partial charge in [0.1, 0.15) is 6.04 Å². The van der Waals surface area contributed by atoms with Crippen LogP contribution in [0.25, 0.3) is 0 Å². The molecule has 0 aromatic heterocycles. The van der Waals surface area contributed by atoms with Crippen molar-refractivity contribution in [1.82, 2.24) is 16.0 Å². The SMILES string of the molecule is CC(=O)NCCCC(=O)SC[C@H](NCCCNC[C@H](O)C(C)(C)CO)C(=O)O. The van der Waals surface area contributed by atoms with E-state index in [1.807, 2.05) is 0 Å². The van der Waals surface area contributed by atoms with E-state index in [9.17, 15) is 29.7 Å². The summed E-state index contributed by atoms with van der Waals surface area (Å²) in [6, 6.07) is -0.816. The number of aliphatic hydroxyl groups is 2. The van der Waals surface area contributed by atoms with Crippen LogP contribution in [0.1, 0.15) is 40.0 Å². The molecule has 0 radical (unpaired) electrons. The van der Waals surface area contributed by atoms with Gasteiger partial charge in [0.05, 0.1) is 12.7 Å². The Labute approximate surface area is 171 Å². The Morgan fingerprint density at radius 2 is 1.79 bits per heavy atom. The molecule has 0 saturated heterocycles. The number of carboxylic acid groups (broad SMARTS) is 1. The van der Waals surface area contributed by atoms with Crippen LogP contribution in [0.3, 0.4) is 0 Å². The lowest BCUT2D eigenvalue weighted by Crippen LogP contribution is -2.42. The number of hydrogen-bond acceptors (Lipinski definition) is 8. The van der Waals surface area contributed by atoms with Gasteiger partial charge in [-0.05, 0) is 25.9 Å². The summed E-state index contributed by atoms with van der Waals surface area (Å²) in [4.78, 5) is 33.8. The van der Waals surface area contributed by atoms with E-state index in [-0.39, 0.29) is 29.8 Å². The first-order chi connectivity index (χ1) is 13.1. The Balaban J connectivity index is 3.93. The predicted octanol–water partition coefficient (Wildman–Crippen LogP) is -0.436. The molecule has 28 heavy (non-hydrogen) atoms. The summed E-state index contributed by atoms with van der Waals surface area (Å²) < 4.78 is 0. The highest BCUT2D eigenvalue weighted by molar-refractivity contribution is 8.13. The summed E-state index contributed by atoms with van der Waals surface area (Å²) in [6.45, 7) is 6.68. The van der Waals surface area contributed by atoms with Crippen molar-refractivity contribution in [2.75, 3.05) is 38.5 Å². The number of nitrogens with one attached hydrogen (secondary N) is 3. The first-order valence-corrected chi connectivity index (χ1v) is 10.4. The van der Waals surface area contributed by atoms with Gasteiger partial charge < -0.3 is 31.3 Å². The van der Waals surface area contributed by atoms with E-state index in [1.54, 1.807) is 13.8 Å². The molecule has 6 N–H and O–H groups in total. The lowest BCUT2D eigenvalue weighted by atomic mass is 9.87. The molecule has 0 aliphatic rings. The van der Waals surface area contributed by atoms with Crippen LogP contribution in [0.15, 0.2) is 0 Å². The molecule has 10 heteroatoms. The average Bonchev–Trinajstić information content (AvgIpc) is 2.63. The molecular weight excluding hydrogens is 386 g/mol. The number of carbonyl (C=O) groups excluding carboxylic acids is 2. The second-order valence-electron chi connectivity index (χ2n) is 7.33. The third-order valence-electron chi connectivity index (χ3n) is 4.21. The van der Waals surface area contributed by atoms with Gasteiger partial charge in [-0.2, -0.15) is 0 Å². The molecule has 0 fully saturated rings. The van der Waals surface area contributed by atoms with Gasteiger partial charge in [-0.15, -0.1) is 0 Å². The van der Waals surface area contributed by atoms with Gasteiger partial charge >= 0.3 is 5.97 Å². The number of carboxylic acids is 1. The minimum Gasteiger partial charge on any atom is -0.480 e. The van der Waals surface area contributed by atoms with Gasteiger partial charge in [0.2, 0.25) is 5.91 Å². The fraction of sp³-hybridized carbons (Fsp3) is 0.833. The maximum atomic E-state index is 11.8. The van der Waals surface area contributed by atoms with Crippen LogP contribution in [-0.4, -0.2) is 83.0 Å². The minimum absolute atomic E-state index is 0.0967. The van der Waals surface area contributed by atoms with E-state index in [0.29, 0.717) is 39.0 Å². The van der Waals surface area contributed by atoms with Crippen LogP contribution in [0, 0.1) is 5.41 Å². The largest absolute Gasteiger partial charge is 0.480 e. The number of carbonyl (C=O) groups is 3. The molecular formula is C18H35N3O6S. The predicted molar refractivity (Wildman–Crippen MR) is 109 cm³/mol. The summed E-state index contributed by atoms with van der Waals surface area (Å²) >= 11 is 0.982. The van der Waals surface area contributed by atoms with Crippen LogP contribution in [0.5, 0.6) is 0 Å². The van der Waals surface area contributed by atoms with Crippen molar-refractivity contribution in [1.29, 1.82) is 0 Å². The molecule has 0 saturated carbocycles. The first kappa shape index (κ1) is 26.8. The summed E-state index contributed by atoms with van der Waals surface area (Å²) in [5, 5.41) is 36.9. The number of hydrogen-bond donors (Lipinski definition) is 6. The van der Waals surface area contributed by atoms with E-state index in [4.69, 9.17) is 0 Å². The quantitative estimate of drug-likeness (QED) is 0.183. The lowest BCUT2D eigenvalue weighted by molar-refractivity contribution is -0.138. The van der Waals surface area contributed by atoms with Crippen molar-refractivity contribution in [3.8, 4) is 0 Å². The Morgan fingerprint density at radius 3 is 2.36 bits per heavy atom. The summed E-state index contributed by atoms with van der Waals surface area (Å²) in [5.74, 6) is -1.01. The Morgan fingerprint density at radius 1 is 1.11 bits per heavy atom. The zero-order valence-corrected chi connectivity index (χ0v) is 17.8. The summed E-state index contributed by atoms with van der Waals surface area (Å²) in [6.07, 6.45) is 0.797. The third-order valence-corrected chi connectivity index (χ3v) is 5.24. The van der Waals surface area contributed by atoms with Crippen LogP contribution >= 0.6 is 11.8 Å². The zero-order chi connectivity index (χ0) is 21.6. The second kappa shape index (κ2) is 14.7. The summed E-state index contributed by atoms with van der Waals surface area (Å²) in [5.41, 5.74) is -0.578. The van der Waals surface area contributed by atoms with E-state index in [1.165, 1.54) is 6.92 Å². The third kappa shape index (κ3) is 13.1. The molecule has 0 spiro atoms. The highest BCUT2D eigenvalue weighted by atomic mass is 32.2. The molecule has 9 nitrogen and oxygen atoms in total. The van der Waals surface area contributed by atoms with Gasteiger partial charge in [0.15, 0.2) is 5.12 Å². The van der Waals surface area contributed by atoms with Crippen LogP contribution in [0.4, 0.5) is 0 Å². The number of rotatable bonds is 16. The zero-order valence-electron chi connectivity index (χ0n) is 17.0. The molecule has 0 aliphatic heterocycles. The van der Waals surface area contributed by atoms with Crippen molar-refractivity contribution in [3.05, 3.63) is 0 Å². The Kier molecular flexibility index (Phi) is 14.1. The smallest absolute Gasteiger partial charge is 0.321 e. The van der Waals surface area contributed by atoms with E-state index in [2.05, 4.69) is 16.0 Å². The first-order valence-electron chi connectivity index (χ1n) is 9.46. The monoisotopic (exact) mass is 421 g/mol. The fourth-order valence-electron chi connectivity index (χ4n) is 2.07. The van der Waals surface area contributed by atoms with Gasteiger partial charge in [-0.3, -0.25) is 14.4 Å². The fourth-order valence-corrected chi connectivity index (χ4v) is 2.97. The Bertz CT molecular complexity index is 490. The van der Waals surface area contributed by atoms with Crippen molar-refractivity contribution in [2.45, 2.75) is 52.2 Å². The molecule has 1 amide bonds. The number of aliphatic hydroxyl groups excluding tert-OH is 2. The lowest BCUT2D eigenvalue weighted by Gasteiger charge is -2.28. The number of amides is 1. The highest BCUT2D eigenvalue weighted by Crippen LogP contribution is 2.18. The van der Waals surface area contributed by atoms with Crippen molar-refractivity contribution >= 4 is 28.8 Å². The standard InChI is InChI=1S/C18H35N3O6S/c1-13(23)20-8-4-6-16(25)28-11-14(17(26)27)21-9-5-7-19-10-15(24)18(2,3)12-22/h14-15,19,21-22,24H,4-12H2,1-3H3,(H,20,23)(H,26,27)/t14-,15-/m0/s1. The maximum Gasteiger partial charge on any atom is 0.321 e. The second-order valence-corrected chi connectivity index (χ2v) is 8.41. The molecule has 0 unspecified atom stereocenters. The van der Waals surface area contributed by atoms with E-state index >= 15 is 0 Å². The van der Waals surface area contributed by atoms with Crippen LogP contribution in [-0.2, 0) is 14.4 Å². The molecule has 0 bridgehead atoms. The number of thioether (sulfide) groups is 1. The molecule has 2 atom stereocenters. The van der Waals surface area contributed by atoms with E-state index < -0.39 is 23.5 Å². The molecule has 164 valence electrons. The average molecular weight is 422 g/mol. The van der Waals surface area contributed by atoms with E-state index in [0.717, 1.165) is 11.8 Å². The highest BCUT2D eigenvalue weighted by Gasteiger charge is 2.26. The van der Waals surface area contributed by atoms with Crippen molar-refractivity contribution < 1.29 is 29.7 Å². The number of aliphatic carboxylic acids is 1. The molecule has 0 aliphatic carbocycles. The van der Waals surface area contributed by atoms with Crippen molar-refractivity contribution in [3.63, 3.8) is 0 Å². The van der Waals surface area contributed by atoms with Crippen molar-refractivity contribution in [2.24, 2.45) is 5.41 Å². The topological polar surface area (TPSA) is 148 Å². The Hall–Kier alpha value is -1.20. The maximum absolute atomic E-state index is 11.8. The van der Waals surface area contributed by atoms with Gasteiger partial charge in [0, 0.05) is 37.6 Å². The van der Waals surface area contributed by atoms with Crippen LogP contribution in [0.2, 0.25) is 0 Å². The normalized spacial score (nSPS) is 13.8.